The Morgan fingerprint density at radius 1 is 1.53 bits per heavy atom. The summed E-state index contributed by atoms with van der Waals surface area (Å²) in [4.78, 5) is 27.0. The minimum atomic E-state index is -0.550. The van der Waals surface area contributed by atoms with E-state index in [4.69, 9.17) is 9.15 Å². The standard InChI is InChI=1S/C10H11N3O4/c14-9(12-13-3-4-16-10(13)15)8-7(6-1-2-6)11-5-17-8/h5-6H,1-4H2,(H,12,14). The van der Waals surface area contributed by atoms with Gasteiger partial charge in [0.15, 0.2) is 6.39 Å². The number of amides is 2. The molecule has 1 N–H and O–H groups in total. The lowest BCUT2D eigenvalue weighted by atomic mass is 10.2. The van der Waals surface area contributed by atoms with Crippen LogP contribution in [0.25, 0.3) is 0 Å². The van der Waals surface area contributed by atoms with Crippen LogP contribution in [0.4, 0.5) is 4.79 Å². The van der Waals surface area contributed by atoms with Crippen molar-refractivity contribution in [2.24, 2.45) is 0 Å². The van der Waals surface area contributed by atoms with Crippen LogP contribution in [0.3, 0.4) is 0 Å². The molecule has 7 nitrogen and oxygen atoms in total. The van der Waals surface area contributed by atoms with Gasteiger partial charge in [-0.2, -0.15) is 0 Å². The molecule has 3 rings (SSSR count). The molecule has 0 atom stereocenters. The number of cyclic esters (lactones) is 1. The molecule has 17 heavy (non-hydrogen) atoms. The number of aromatic nitrogens is 1. The zero-order valence-electron chi connectivity index (χ0n) is 9.01. The Morgan fingerprint density at radius 3 is 3.00 bits per heavy atom. The van der Waals surface area contributed by atoms with Crippen molar-refractivity contribution in [3.63, 3.8) is 0 Å². The zero-order chi connectivity index (χ0) is 11.8. The van der Waals surface area contributed by atoms with Crippen molar-refractivity contribution in [3.05, 3.63) is 17.8 Å². The highest BCUT2D eigenvalue weighted by Crippen LogP contribution is 2.40. The lowest BCUT2D eigenvalue weighted by Crippen LogP contribution is -2.42. The van der Waals surface area contributed by atoms with Gasteiger partial charge >= 0.3 is 12.0 Å². The molecule has 0 radical (unpaired) electrons. The van der Waals surface area contributed by atoms with Gasteiger partial charge in [-0.15, -0.1) is 0 Å². The highest BCUT2D eigenvalue weighted by atomic mass is 16.6. The Kier molecular flexibility index (Phi) is 2.24. The fourth-order valence-electron chi connectivity index (χ4n) is 1.74. The molecule has 1 aromatic heterocycles. The molecule has 1 saturated heterocycles. The predicted molar refractivity (Wildman–Crippen MR) is 54.0 cm³/mol. The summed E-state index contributed by atoms with van der Waals surface area (Å²) in [6.45, 7) is 0.627. The highest BCUT2D eigenvalue weighted by molar-refractivity contribution is 5.93. The van der Waals surface area contributed by atoms with Gasteiger partial charge in [0.05, 0.1) is 12.2 Å². The van der Waals surface area contributed by atoms with Crippen molar-refractivity contribution in [2.45, 2.75) is 18.8 Å². The highest BCUT2D eigenvalue weighted by Gasteiger charge is 2.33. The summed E-state index contributed by atoms with van der Waals surface area (Å²) in [6.07, 6.45) is 2.76. The van der Waals surface area contributed by atoms with Crippen LogP contribution < -0.4 is 5.43 Å². The third-order valence-electron chi connectivity index (χ3n) is 2.76. The molecular formula is C10H11N3O4. The molecule has 1 aliphatic heterocycles. The summed E-state index contributed by atoms with van der Waals surface area (Å²) < 4.78 is 9.77. The molecule has 7 heteroatoms. The monoisotopic (exact) mass is 237 g/mol. The third-order valence-corrected chi connectivity index (χ3v) is 2.76. The Bertz CT molecular complexity index is 466. The summed E-state index contributed by atoms with van der Waals surface area (Å²) in [5, 5.41) is 1.13. The minimum Gasteiger partial charge on any atom is -0.446 e. The van der Waals surface area contributed by atoms with Crippen molar-refractivity contribution in [1.82, 2.24) is 15.4 Å². The Balaban J connectivity index is 1.72. The molecular weight excluding hydrogens is 226 g/mol. The number of nitrogens with zero attached hydrogens (tertiary/aromatic N) is 2. The van der Waals surface area contributed by atoms with Crippen molar-refractivity contribution >= 4 is 12.0 Å². The lowest BCUT2D eigenvalue weighted by Gasteiger charge is -2.12. The second kappa shape index (κ2) is 3.76. The number of hydrogen-bond donors (Lipinski definition) is 1. The van der Waals surface area contributed by atoms with Crippen molar-refractivity contribution in [2.75, 3.05) is 13.2 Å². The summed E-state index contributed by atoms with van der Waals surface area (Å²) in [7, 11) is 0. The zero-order valence-corrected chi connectivity index (χ0v) is 9.01. The quantitative estimate of drug-likeness (QED) is 0.834. The van der Waals surface area contributed by atoms with Crippen LogP contribution in [0.5, 0.6) is 0 Å². The van der Waals surface area contributed by atoms with E-state index in [-0.39, 0.29) is 12.4 Å². The van der Waals surface area contributed by atoms with Gasteiger partial charge in [0, 0.05) is 5.92 Å². The summed E-state index contributed by atoms with van der Waals surface area (Å²) >= 11 is 0. The molecule has 2 heterocycles. The largest absolute Gasteiger partial charge is 0.446 e. The average Bonchev–Trinajstić information content (AvgIpc) is 2.90. The molecule has 2 fully saturated rings. The normalized spacial score (nSPS) is 19.3. The Labute approximate surface area is 96.7 Å². The molecule has 0 aromatic carbocycles. The molecule has 2 aliphatic rings. The lowest BCUT2D eigenvalue weighted by molar-refractivity contribution is 0.0802. The van der Waals surface area contributed by atoms with E-state index in [1.165, 1.54) is 6.39 Å². The first-order valence-electron chi connectivity index (χ1n) is 5.44. The van der Waals surface area contributed by atoms with Gasteiger partial charge in [-0.25, -0.2) is 14.8 Å². The van der Waals surface area contributed by atoms with E-state index in [9.17, 15) is 9.59 Å². The third kappa shape index (κ3) is 1.83. The molecule has 1 saturated carbocycles. The maximum Gasteiger partial charge on any atom is 0.428 e. The van der Waals surface area contributed by atoms with Gasteiger partial charge in [-0.3, -0.25) is 10.2 Å². The van der Waals surface area contributed by atoms with E-state index in [1.807, 2.05) is 0 Å². The summed E-state index contributed by atoms with van der Waals surface area (Å²) in [6, 6.07) is 0. The van der Waals surface area contributed by atoms with Gasteiger partial charge in [0.25, 0.3) is 0 Å². The number of hydrazine groups is 1. The van der Waals surface area contributed by atoms with E-state index in [0.29, 0.717) is 18.2 Å². The Morgan fingerprint density at radius 2 is 2.35 bits per heavy atom. The number of carbonyl (C=O) groups excluding carboxylic acids is 2. The molecule has 2 amide bonds. The first kappa shape index (κ1) is 10.1. The van der Waals surface area contributed by atoms with E-state index >= 15 is 0 Å². The van der Waals surface area contributed by atoms with Crippen LogP contribution in [-0.2, 0) is 4.74 Å². The molecule has 90 valence electrons. The van der Waals surface area contributed by atoms with E-state index in [1.54, 1.807) is 0 Å². The first-order chi connectivity index (χ1) is 8.25. The number of nitrogens with one attached hydrogen (secondary N) is 1. The Hall–Kier alpha value is -2.05. The van der Waals surface area contributed by atoms with Crippen LogP contribution >= 0.6 is 0 Å². The minimum absolute atomic E-state index is 0.187. The second-order valence-corrected chi connectivity index (χ2v) is 4.05. The van der Waals surface area contributed by atoms with Gasteiger partial charge in [-0.05, 0) is 12.8 Å². The van der Waals surface area contributed by atoms with Crippen LogP contribution in [0.2, 0.25) is 0 Å². The maximum atomic E-state index is 11.9. The fourth-order valence-corrected chi connectivity index (χ4v) is 1.74. The van der Waals surface area contributed by atoms with Crippen molar-refractivity contribution in [3.8, 4) is 0 Å². The fraction of sp³-hybridized carbons (Fsp3) is 0.500. The van der Waals surface area contributed by atoms with Crippen molar-refractivity contribution < 1.29 is 18.7 Å². The maximum absolute atomic E-state index is 11.9. The first-order valence-corrected chi connectivity index (χ1v) is 5.44. The molecule has 1 aromatic rings. The average molecular weight is 237 g/mol. The molecule has 1 aliphatic carbocycles. The predicted octanol–water partition coefficient (Wildman–Crippen LogP) is 0.649. The molecule has 0 spiro atoms. The van der Waals surface area contributed by atoms with Crippen LogP contribution in [-0.4, -0.2) is 35.1 Å². The van der Waals surface area contributed by atoms with Gasteiger partial charge in [0.2, 0.25) is 5.76 Å². The van der Waals surface area contributed by atoms with E-state index < -0.39 is 12.0 Å². The van der Waals surface area contributed by atoms with E-state index in [2.05, 4.69) is 10.4 Å². The van der Waals surface area contributed by atoms with Gasteiger partial charge < -0.3 is 9.15 Å². The van der Waals surface area contributed by atoms with Crippen molar-refractivity contribution in [1.29, 1.82) is 0 Å². The molecule has 0 unspecified atom stereocenters. The smallest absolute Gasteiger partial charge is 0.428 e. The second-order valence-electron chi connectivity index (χ2n) is 4.05. The number of ether oxygens (including phenoxy) is 1. The number of oxazole rings is 1. The van der Waals surface area contributed by atoms with Gasteiger partial charge in [0.1, 0.15) is 6.61 Å². The van der Waals surface area contributed by atoms with Crippen LogP contribution in [0, 0.1) is 0 Å². The number of carbonyl (C=O) groups is 2. The van der Waals surface area contributed by atoms with Crippen LogP contribution in [0.1, 0.15) is 35.0 Å². The molecule has 0 bridgehead atoms. The van der Waals surface area contributed by atoms with Gasteiger partial charge in [-0.1, -0.05) is 0 Å². The summed E-state index contributed by atoms with van der Waals surface area (Å²) in [5.41, 5.74) is 3.12. The summed E-state index contributed by atoms with van der Waals surface area (Å²) in [5.74, 6) is 0.0514. The van der Waals surface area contributed by atoms with Crippen LogP contribution in [0.15, 0.2) is 10.8 Å². The van der Waals surface area contributed by atoms with E-state index in [0.717, 1.165) is 17.9 Å². The topological polar surface area (TPSA) is 84.7 Å². The SMILES string of the molecule is O=C(NN1CCOC1=O)c1ocnc1C1CC1. The number of hydrogen-bond acceptors (Lipinski definition) is 5. The number of rotatable bonds is 3.